The topological polar surface area (TPSA) is 95.9 Å². The summed E-state index contributed by atoms with van der Waals surface area (Å²) in [6, 6.07) is -0.940. The number of ether oxygens (including phenoxy) is 1. The van der Waals surface area contributed by atoms with Crippen molar-refractivity contribution in [2.24, 2.45) is 5.92 Å². The fraction of sp³-hybridized carbons (Fsp3) is 0.727. The molecular weight excluding hydrogens is 358 g/mol. The number of carbonyl (C=O) groups excluding carboxylic acids is 1. The zero-order valence-corrected chi connectivity index (χ0v) is 17.6. The van der Waals surface area contributed by atoms with Gasteiger partial charge in [0.1, 0.15) is 11.6 Å². The molecule has 0 radical (unpaired) electrons. The Labute approximate surface area is 168 Å². The van der Waals surface area contributed by atoms with Crippen molar-refractivity contribution in [2.75, 3.05) is 0 Å². The van der Waals surface area contributed by atoms with Crippen molar-refractivity contribution in [2.45, 2.75) is 96.8 Å². The predicted molar refractivity (Wildman–Crippen MR) is 108 cm³/mol. The Morgan fingerprint density at radius 2 is 2.00 bits per heavy atom. The van der Waals surface area contributed by atoms with Crippen LogP contribution in [0.1, 0.15) is 79.1 Å². The molecular formula is C22H35NO5. The molecule has 158 valence electrons. The van der Waals surface area contributed by atoms with Crippen LogP contribution >= 0.6 is 0 Å². The van der Waals surface area contributed by atoms with Crippen LogP contribution in [0.25, 0.3) is 0 Å². The summed E-state index contributed by atoms with van der Waals surface area (Å²) in [5, 5.41) is 21.9. The lowest BCUT2D eigenvalue weighted by Gasteiger charge is -2.30. The summed E-state index contributed by atoms with van der Waals surface area (Å²) < 4.78 is 5.18. The molecule has 2 unspecified atom stereocenters. The summed E-state index contributed by atoms with van der Waals surface area (Å²) in [5.41, 5.74) is 3.48. The number of aliphatic carboxylic acids is 1. The van der Waals surface area contributed by atoms with E-state index in [0.29, 0.717) is 6.42 Å². The molecule has 0 aliphatic heterocycles. The number of hydrogen-bond donors (Lipinski definition) is 3. The third-order valence-electron chi connectivity index (χ3n) is 5.53. The number of aliphatic hydroxyl groups is 1. The standard InChI is InChI=1S/C22H35NO5/c1-5-15-13-17(24)10-11-18(15)16-8-6-14(7-9-16)12-19(20(25)26)23-21(27)28-22(2,3)4/h8,14,17,19,24H,5-7,9-13H2,1-4H3,(H,23,27)(H,25,26)/t14?,17?,19-/m0/s1. The van der Waals surface area contributed by atoms with Crippen LogP contribution < -0.4 is 5.32 Å². The van der Waals surface area contributed by atoms with Gasteiger partial charge in [-0.1, -0.05) is 18.6 Å². The van der Waals surface area contributed by atoms with E-state index in [-0.39, 0.29) is 12.0 Å². The minimum Gasteiger partial charge on any atom is -0.480 e. The first-order chi connectivity index (χ1) is 13.1. The fourth-order valence-electron chi connectivity index (χ4n) is 4.12. The van der Waals surface area contributed by atoms with Crippen LogP contribution in [0.3, 0.4) is 0 Å². The van der Waals surface area contributed by atoms with Gasteiger partial charge in [-0.05, 0) is 89.2 Å². The summed E-state index contributed by atoms with van der Waals surface area (Å²) in [5.74, 6) is -0.808. The molecule has 0 saturated heterocycles. The van der Waals surface area contributed by atoms with Crippen molar-refractivity contribution in [1.82, 2.24) is 5.32 Å². The summed E-state index contributed by atoms with van der Waals surface area (Å²) >= 11 is 0. The number of allylic oxidation sites excluding steroid dienone is 3. The van der Waals surface area contributed by atoms with E-state index < -0.39 is 23.7 Å². The van der Waals surface area contributed by atoms with Gasteiger partial charge in [0.2, 0.25) is 0 Å². The van der Waals surface area contributed by atoms with E-state index >= 15 is 0 Å². The third-order valence-corrected chi connectivity index (χ3v) is 5.53. The van der Waals surface area contributed by atoms with E-state index in [9.17, 15) is 19.8 Å². The van der Waals surface area contributed by atoms with E-state index in [1.54, 1.807) is 20.8 Å². The lowest BCUT2D eigenvalue weighted by Crippen LogP contribution is -2.44. The highest BCUT2D eigenvalue weighted by atomic mass is 16.6. The molecule has 0 fully saturated rings. The Morgan fingerprint density at radius 3 is 2.54 bits per heavy atom. The second-order valence-corrected chi connectivity index (χ2v) is 8.97. The molecule has 1 amide bonds. The maximum atomic E-state index is 11.9. The lowest BCUT2D eigenvalue weighted by atomic mass is 9.78. The lowest BCUT2D eigenvalue weighted by molar-refractivity contribution is -0.140. The van der Waals surface area contributed by atoms with Gasteiger partial charge in [-0.25, -0.2) is 9.59 Å². The summed E-state index contributed by atoms with van der Waals surface area (Å²) in [4.78, 5) is 23.5. The zero-order chi connectivity index (χ0) is 20.9. The third kappa shape index (κ3) is 6.66. The van der Waals surface area contributed by atoms with Crippen LogP contribution in [0.5, 0.6) is 0 Å². The predicted octanol–water partition coefficient (Wildman–Crippen LogP) is 4.33. The molecule has 0 aromatic heterocycles. The van der Waals surface area contributed by atoms with Crippen molar-refractivity contribution in [3.63, 3.8) is 0 Å². The van der Waals surface area contributed by atoms with E-state index in [2.05, 4.69) is 18.3 Å². The molecule has 0 saturated carbocycles. The molecule has 0 heterocycles. The summed E-state index contributed by atoms with van der Waals surface area (Å²) in [6.45, 7) is 7.39. The molecule has 0 aromatic carbocycles. The average Bonchev–Trinajstić information content (AvgIpc) is 2.60. The molecule has 6 nitrogen and oxygen atoms in total. The monoisotopic (exact) mass is 393 g/mol. The van der Waals surface area contributed by atoms with Crippen LogP contribution in [0.2, 0.25) is 0 Å². The van der Waals surface area contributed by atoms with Crippen LogP contribution in [0.15, 0.2) is 22.8 Å². The smallest absolute Gasteiger partial charge is 0.408 e. The summed E-state index contributed by atoms with van der Waals surface area (Å²) in [6.07, 6.45) is 7.88. The normalized spacial score (nSPS) is 24.4. The van der Waals surface area contributed by atoms with Gasteiger partial charge in [-0.15, -0.1) is 0 Å². The highest BCUT2D eigenvalue weighted by molar-refractivity contribution is 5.80. The molecule has 6 heteroatoms. The molecule has 3 atom stereocenters. The zero-order valence-electron chi connectivity index (χ0n) is 17.6. The van der Waals surface area contributed by atoms with Crippen molar-refractivity contribution in [3.05, 3.63) is 22.8 Å². The molecule has 3 N–H and O–H groups in total. The van der Waals surface area contributed by atoms with E-state index in [4.69, 9.17) is 4.74 Å². The molecule has 2 rings (SSSR count). The second kappa shape index (κ2) is 9.59. The van der Waals surface area contributed by atoms with Gasteiger partial charge in [0.15, 0.2) is 0 Å². The SMILES string of the molecule is CCC1=C(C2=CCC(C[C@H](NC(=O)OC(C)(C)C)C(=O)O)CC2)CCC(O)C1. The number of alkyl carbamates (subject to hydrolysis) is 1. The largest absolute Gasteiger partial charge is 0.480 e. The number of aliphatic hydroxyl groups excluding tert-OH is 1. The number of hydrogen-bond acceptors (Lipinski definition) is 4. The first kappa shape index (κ1) is 22.5. The van der Waals surface area contributed by atoms with Crippen molar-refractivity contribution < 1.29 is 24.5 Å². The Kier molecular flexibility index (Phi) is 7.70. The van der Waals surface area contributed by atoms with Crippen LogP contribution in [-0.4, -0.2) is 40.0 Å². The first-order valence-corrected chi connectivity index (χ1v) is 10.4. The summed E-state index contributed by atoms with van der Waals surface area (Å²) in [7, 11) is 0. The second-order valence-electron chi connectivity index (χ2n) is 8.97. The van der Waals surface area contributed by atoms with E-state index in [0.717, 1.165) is 44.9 Å². The Morgan fingerprint density at radius 1 is 1.29 bits per heavy atom. The van der Waals surface area contributed by atoms with Crippen LogP contribution in [-0.2, 0) is 9.53 Å². The Balaban J connectivity index is 1.97. The first-order valence-electron chi connectivity index (χ1n) is 10.4. The van der Waals surface area contributed by atoms with Gasteiger partial charge in [-0.2, -0.15) is 0 Å². The number of carbonyl (C=O) groups is 2. The molecule has 2 aliphatic carbocycles. The van der Waals surface area contributed by atoms with Crippen LogP contribution in [0.4, 0.5) is 4.79 Å². The fourth-order valence-corrected chi connectivity index (χ4v) is 4.12. The minimum atomic E-state index is -1.03. The van der Waals surface area contributed by atoms with Crippen molar-refractivity contribution >= 4 is 12.1 Å². The van der Waals surface area contributed by atoms with Gasteiger partial charge >= 0.3 is 12.1 Å². The highest BCUT2D eigenvalue weighted by Crippen LogP contribution is 2.38. The number of nitrogens with one attached hydrogen (secondary N) is 1. The highest BCUT2D eigenvalue weighted by Gasteiger charge is 2.29. The number of carboxylic acid groups (broad SMARTS) is 1. The van der Waals surface area contributed by atoms with E-state index in [1.165, 1.54) is 16.7 Å². The van der Waals surface area contributed by atoms with Crippen LogP contribution in [0, 0.1) is 5.92 Å². The maximum absolute atomic E-state index is 11.9. The van der Waals surface area contributed by atoms with Crippen molar-refractivity contribution in [1.29, 1.82) is 0 Å². The maximum Gasteiger partial charge on any atom is 0.408 e. The Hall–Kier alpha value is -1.82. The number of amides is 1. The number of rotatable bonds is 6. The average molecular weight is 394 g/mol. The molecule has 28 heavy (non-hydrogen) atoms. The van der Waals surface area contributed by atoms with Gasteiger partial charge < -0.3 is 20.3 Å². The quantitative estimate of drug-likeness (QED) is 0.624. The van der Waals surface area contributed by atoms with E-state index in [1.807, 2.05) is 0 Å². The molecule has 0 spiro atoms. The van der Waals surface area contributed by atoms with Gasteiger partial charge in [-0.3, -0.25) is 0 Å². The van der Waals surface area contributed by atoms with Gasteiger partial charge in [0, 0.05) is 0 Å². The molecule has 2 aliphatic rings. The Bertz CT molecular complexity index is 644. The van der Waals surface area contributed by atoms with Gasteiger partial charge in [0.25, 0.3) is 0 Å². The molecule has 0 bridgehead atoms. The minimum absolute atomic E-state index is 0.217. The number of carboxylic acids is 1. The van der Waals surface area contributed by atoms with Crippen molar-refractivity contribution in [3.8, 4) is 0 Å². The van der Waals surface area contributed by atoms with Gasteiger partial charge in [0.05, 0.1) is 6.10 Å². The molecule has 0 aromatic rings.